The van der Waals surface area contributed by atoms with E-state index in [1.807, 2.05) is 11.8 Å². The summed E-state index contributed by atoms with van der Waals surface area (Å²) in [4.78, 5) is 29.4. The normalized spacial score (nSPS) is 21.8. The summed E-state index contributed by atoms with van der Waals surface area (Å²) in [5.74, 6) is 0.0330. The third kappa shape index (κ3) is 2.38. The molecule has 5 N–H and O–H groups in total. The Labute approximate surface area is 117 Å². The smallest absolute Gasteiger partial charge is 0.250 e. The maximum Gasteiger partial charge on any atom is 0.250 e. The Kier molecular flexibility index (Phi) is 3.52. The van der Waals surface area contributed by atoms with Gasteiger partial charge < -0.3 is 21.7 Å². The van der Waals surface area contributed by atoms with Crippen LogP contribution in [0.4, 0.5) is 11.5 Å². The molecule has 1 fully saturated rings. The Morgan fingerprint density at radius 3 is 2.80 bits per heavy atom. The van der Waals surface area contributed by atoms with Gasteiger partial charge in [0.2, 0.25) is 5.91 Å². The van der Waals surface area contributed by atoms with Gasteiger partial charge in [0, 0.05) is 20.1 Å². The number of primary amides is 1. The average Bonchev–Trinajstić information content (AvgIpc) is 2.82. The number of nitrogens with two attached hydrogens (primary N) is 2. The Morgan fingerprint density at radius 2 is 2.20 bits per heavy atom. The largest absolute Gasteiger partial charge is 0.397 e. The molecule has 2 heterocycles. The van der Waals surface area contributed by atoms with Crippen LogP contribution in [0, 0.1) is 5.41 Å². The fourth-order valence-electron chi connectivity index (χ4n) is 2.48. The molecule has 0 aromatic carbocycles. The van der Waals surface area contributed by atoms with Gasteiger partial charge in [0.05, 0.1) is 22.9 Å². The first-order valence-electron chi connectivity index (χ1n) is 6.40. The highest BCUT2D eigenvalue weighted by molar-refractivity contribution is 5.98. The van der Waals surface area contributed by atoms with Gasteiger partial charge in [0.15, 0.2) is 0 Å². The van der Waals surface area contributed by atoms with Crippen molar-refractivity contribution < 1.29 is 9.59 Å². The lowest BCUT2D eigenvalue weighted by Crippen LogP contribution is -2.39. The van der Waals surface area contributed by atoms with Crippen molar-refractivity contribution in [2.45, 2.75) is 13.3 Å². The average molecular weight is 277 g/mol. The van der Waals surface area contributed by atoms with E-state index in [2.05, 4.69) is 10.3 Å². The summed E-state index contributed by atoms with van der Waals surface area (Å²) in [6.45, 7) is 3.15. The molecule has 7 heteroatoms. The Morgan fingerprint density at radius 1 is 1.50 bits per heavy atom. The third-order valence-electron chi connectivity index (χ3n) is 3.76. The molecule has 108 valence electrons. The number of carbonyl (C=O) groups is 2. The molecule has 2 rings (SSSR count). The number of rotatable bonds is 3. The lowest BCUT2D eigenvalue weighted by Gasteiger charge is -2.23. The molecule has 0 spiro atoms. The summed E-state index contributed by atoms with van der Waals surface area (Å²) in [5.41, 5.74) is 11.0. The number of nitrogens with one attached hydrogen (secondary N) is 1. The van der Waals surface area contributed by atoms with E-state index in [9.17, 15) is 9.59 Å². The lowest BCUT2D eigenvalue weighted by atomic mass is 9.89. The minimum Gasteiger partial charge on any atom is -0.397 e. The minimum atomic E-state index is -0.584. The van der Waals surface area contributed by atoms with Crippen LogP contribution in [0.15, 0.2) is 12.3 Å². The van der Waals surface area contributed by atoms with E-state index in [1.54, 1.807) is 13.1 Å². The topological polar surface area (TPSA) is 114 Å². The summed E-state index contributed by atoms with van der Waals surface area (Å²) in [6, 6.07) is 1.58. The second-order valence-electron chi connectivity index (χ2n) is 5.31. The number of amides is 2. The minimum absolute atomic E-state index is 0.00516. The molecule has 1 aliphatic rings. The monoisotopic (exact) mass is 277 g/mol. The zero-order valence-corrected chi connectivity index (χ0v) is 11.6. The fourth-order valence-corrected chi connectivity index (χ4v) is 2.48. The van der Waals surface area contributed by atoms with Crippen LogP contribution in [0.2, 0.25) is 0 Å². The molecular formula is C13H19N5O2. The number of nitrogens with zero attached hydrogens (tertiary/aromatic N) is 2. The number of nitrogen functional groups attached to an aromatic ring is 1. The van der Waals surface area contributed by atoms with Crippen LogP contribution in [0.3, 0.4) is 0 Å². The van der Waals surface area contributed by atoms with Gasteiger partial charge in [-0.3, -0.25) is 9.59 Å². The number of hydrogen-bond donors (Lipinski definition) is 3. The molecule has 0 saturated carbocycles. The lowest BCUT2D eigenvalue weighted by molar-refractivity contribution is -0.128. The summed E-state index contributed by atoms with van der Waals surface area (Å²) in [6.07, 6.45) is 2.15. The van der Waals surface area contributed by atoms with Crippen molar-refractivity contribution >= 4 is 23.3 Å². The maximum atomic E-state index is 11.9. The van der Waals surface area contributed by atoms with Crippen molar-refractivity contribution in [2.75, 3.05) is 30.8 Å². The molecule has 20 heavy (non-hydrogen) atoms. The predicted molar refractivity (Wildman–Crippen MR) is 76.2 cm³/mol. The van der Waals surface area contributed by atoms with Gasteiger partial charge in [-0.05, 0) is 19.4 Å². The first-order valence-corrected chi connectivity index (χ1v) is 6.40. The van der Waals surface area contributed by atoms with E-state index in [-0.39, 0.29) is 17.2 Å². The standard InChI is InChI=1S/C13H19N5O2/c1-13(12(20)16-2)3-4-18(7-13)10-5-8(11(15)19)9(14)6-17-10/h5-6H,3-4,7,14H2,1-2H3,(H2,15,19)(H,16,20). The Hall–Kier alpha value is -2.31. The highest BCUT2D eigenvalue weighted by Gasteiger charge is 2.40. The van der Waals surface area contributed by atoms with Crippen LogP contribution in [-0.2, 0) is 4.79 Å². The predicted octanol–water partition coefficient (Wildman–Crippen LogP) is -0.275. The molecule has 1 aromatic heterocycles. The molecular weight excluding hydrogens is 258 g/mol. The molecule has 0 aliphatic carbocycles. The molecule has 0 radical (unpaired) electrons. The SMILES string of the molecule is CNC(=O)C1(C)CCN(c2cc(C(N)=O)c(N)cn2)C1. The van der Waals surface area contributed by atoms with Crippen LogP contribution >= 0.6 is 0 Å². The molecule has 7 nitrogen and oxygen atoms in total. The molecule has 1 aromatic rings. The zero-order chi connectivity index (χ0) is 14.9. The van der Waals surface area contributed by atoms with Gasteiger partial charge >= 0.3 is 0 Å². The first-order chi connectivity index (χ1) is 9.37. The Bertz CT molecular complexity index is 560. The van der Waals surface area contributed by atoms with Crippen molar-refractivity contribution in [3.63, 3.8) is 0 Å². The number of carbonyl (C=O) groups excluding carboxylic acids is 2. The number of aromatic nitrogens is 1. The molecule has 2 amide bonds. The first kappa shape index (κ1) is 14.1. The molecule has 1 aliphatic heterocycles. The van der Waals surface area contributed by atoms with Crippen molar-refractivity contribution in [3.05, 3.63) is 17.8 Å². The summed E-state index contributed by atoms with van der Waals surface area (Å²) in [5, 5.41) is 2.68. The van der Waals surface area contributed by atoms with Gasteiger partial charge in [-0.15, -0.1) is 0 Å². The van der Waals surface area contributed by atoms with E-state index in [4.69, 9.17) is 11.5 Å². The number of anilines is 2. The fraction of sp³-hybridized carbons (Fsp3) is 0.462. The van der Waals surface area contributed by atoms with Gasteiger partial charge in [0.1, 0.15) is 5.82 Å². The Balaban J connectivity index is 2.25. The highest BCUT2D eigenvalue weighted by Crippen LogP contribution is 2.33. The summed E-state index contributed by atoms with van der Waals surface area (Å²) >= 11 is 0. The van der Waals surface area contributed by atoms with E-state index in [1.165, 1.54) is 6.20 Å². The van der Waals surface area contributed by atoms with Crippen LogP contribution in [0.1, 0.15) is 23.7 Å². The highest BCUT2D eigenvalue weighted by atomic mass is 16.2. The van der Waals surface area contributed by atoms with Crippen LogP contribution in [-0.4, -0.2) is 36.9 Å². The molecule has 1 unspecified atom stereocenters. The van der Waals surface area contributed by atoms with Gasteiger partial charge in [-0.25, -0.2) is 4.98 Å². The van der Waals surface area contributed by atoms with Gasteiger partial charge in [-0.2, -0.15) is 0 Å². The number of pyridine rings is 1. The quantitative estimate of drug-likeness (QED) is 0.703. The molecule has 1 saturated heterocycles. The van der Waals surface area contributed by atoms with Crippen molar-refractivity contribution in [1.29, 1.82) is 0 Å². The van der Waals surface area contributed by atoms with Gasteiger partial charge in [-0.1, -0.05) is 0 Å². The van der Waals surface area contributed by atoms with Gasteiger partial charge in [0.25, 0.3) is 5.91 Å². The van der Waals surface area contributed by atoms with E-state index >= 15 is 0 Å². The molecule has 1 atom stereocenters. The van der Waals surface area contributed by atoms with Crippen molar-refractivity contribution in [1.82, 2.24) is 10.3 Å². The molecule has 0 bridgehead atoms. The second kappa shape index (κ2) is 4.99. The van der Waals surface area contributed by atoms with E-state index in [0.717, 1.165) is 6.42 Å². The van der Waals surface area contributed by atoms with Crippen molar-refractivity contribution in [2.24, 2.45) is 11.1 Å². The summed E-state index contributed by atoms with van der Waals surface area (Å²) < 4.78 is 0. The summed E-state index contributed by atoms with van der Waals surface area (Å²) in [7, 11) is 1.63. The van der Waals surface area contributed by atoms with E-state index in [0.29, 0.717) is 18.9 Å². The van der Waals surface area contributed by atoms with Crippen LogP contribution < -0.4 is 21.7 Å². The van der Waals surface area contributed by atoms with Crippen LogP contribution in [0.5, 0.6) is 0 Å². The maximum absolute atomic E-state index is 11.9. The second-order valence-corrected chi connectivity index (χ2v) is 5.31. The zero-order valence-electron chi connectivity index (χ0n) is 11.6. The number of hydrogen-bond acceptors (Lipinski definition) is 5. The van der Waals surface area contributed by atoms with Crippen molar-refractivity contribution in [3.8, 4) is 0 Å². The van der Waals surface area contributed by atoms with Crippen LogP contribution in [0.25, 0.3) is 0 Å². The third-order valence-corrected chi connectivity index (χ3v) is 3.76. The van der Waals surface area contributed by atoms with E-state index < -0.39 is 11.3 Å².